The molecule has 184 valence electrons. The van der Waals surface area contributed by atoms with Crippen LogP contribution in [0.25, 0.3) is 0 Å². The number of carbonyl (C=O) groups is 2. The Morgan fingerprint density at radius 3 is 2.24 bits per heavy atom. The first-order valence-electron chi connectivity index (χ1n) is 12.2. The summed E-state index contributed by atoms with van der Waals surface area (Å²) < 4.78 is 6.76. The van der Waals surface area contributed by atoms with Gasteiger partial charge in [-0.25, -0.2) is 0 Å². The van der Waals surface area contributed by atoms with E-state index < -0.39 is 17.2 Å². The van der Waals surface area contributed by atoms with E-state index in [1.165, 1.54) is 5.56 Å². The average Bonchev–Trinajstić information content (AvgIpc) is 3.32. The molecule has 1 saturated carbocycles. The van der Waals surface area contributed by atoms with Crippen LogP contribution >= 0.6 is 0 Å². The first-order valence-corrected chi connectivity index (χ1v) is 12.2. The molecule has 1 fully saturated rings. The maximum atomic E-state index is 13.2. The van der Waals surface area contributed by atoms with Gasteiger partial charge in [0.1, 0.15) is 11.1 Å². The van der Waals surface area contributed by atoms with Gasteiger partial charge in [0.05, 0.1) is 6.61 Å². The molecule has 1 aliphatic rings. The Hall–Kier alpha value is -2.93. The van der Waals surface area contributed by atoms with Crippen molar-refractivity contribution in [2.24, 2.45) is 5.92 Å². The minimum absolute atomic E-state index is 0.00403. The molecule has 0 spiro atoms. The van der Waals surface area contributed by atoms with Crippen LogP contribution < -0.4 is 16.1 Å². The van der Waals surface area contributed by atoms with Gasteiger partial charge in [-0.1, -0.05) is 57.0 Å². The number of aryl methyl sites for hydroxylation is 1. The minimum atomic E-state index is -0.548. The van der Waals surface area contributed by atoms with Crippen LogP contribution in [0.5, 0.6) is 0 Å². The molecular formula is C27H37N3O4. The number of carbonyl (C=O) groups excluding carboxylic acids is 2. The standard InChI is InChI=1S/C27H37N3O4/c1-20(2)11-15-30-17-22(25(32)28-14-16-34-3)24(31)23(18-30)26(33)29-19-27(12-7-8-13-27)21-9-5-4-6-10-21/h4-6,9-10,17-18,20H,7-8,11-16,19H2,1-3H3,(H,28,32)(H,29,33). The molecule has 1 aliphatic carbocycles. The molecule has 3 rings (SSSR count). The summed E-state index contributed by atoms with van der Waals surface area (Å²) in [7, 11) is 1.54. The molecule has 1 heterocycles. The smallest absolute Gasteiger partial charge is 0.256 e. The van der Waals surface area contributed by atoms with Crippen LogP contribution in [0.2, 0.25) is 0 Å². The van der Waals surface area contributed by atoms with E-state index in [-0.39, 0.29) is 23.1 Å². The summed E-state index contributed by atoms with van der Waals surface area (Å²) in [5.41, 5.74) is 0.528. The molecule has 34 heavy (non-hydrogen) atoms. The highest BCUT2D eigenvalue weighted by Gasteiger charge is 2.36. The second-order valence-electron chi connectivity index (χ2n) is 9.62. The lowest BCUT2D eigenvalue weighted by Crippen LogP contribution is -2.41. The summed E-state index contributed by atoms with van der Waals surface area (Å²) in [6, 6.07) is 10.3. The second-order valence-corrected chi connectivity index (χ2v) is 9.62. The van der Waals surface area contributed by atoms with Gasteiger partial charge in [0.25, 0.3) is 11.8 Å². The van der Waals surface area contributed by atoms with Crippen molar-refractivity contribution in [2.75, 3.05) is 26.8 Å². The van der Waals surface area contributed by atoms with Crippen molar-refractivity contribution in [2.45, 2.75) is 57.9 Å². The maximum absolute atomic E-state index is 13.2. The van der Waals surface area contributed by atoms with E-state index in [4.69, 9.17) is 4.74 Å². The zero-order chi connectivity index (χ0) is 24.6. The van der Waals surface area contributed by atoms with Gasteiger partial charge in [-0.15, -0.1) is 0 Å². The fraction of sp³-hybridized carbons (Fsp3) is 0.519. The predicted molar refractivity (Wildman–Crippen MR) is 133 cm³/mol. The number of aromatic nitrogens is 1. The Labute approximate surface area is 201 Å². The van der Waals surface area contributed by atoms with Gasteiger partial charge in [-0.3, -0.25) is 14.4 Å². The van der Waals surface area contributed by atoms with Gasteiger partial charge in [0, 0.05) is 44.6 Å². The van der Waals surface area contributed by atoms with Crippen LogP contribution in [-0.4, -0.2) is 43.2 Å². The molecule has 0 saturated heterocycles. The second kappa shape index (κ2) is 12.0. The number of benzene rings is 1. The van der Waals surface area contributed by atoms with E-state index >= 15 is 0 Å². The van der Waals surface area contributed by atoms with E-state index in [2.05, 4.69) is 36.6 Å². The summed E-state index contributed by atoms with van der Waals surface area (Å²) in [6.07, 6.45) is 8.22. The Morgan fingerprint density at radius 1 is 1.03 bits per heavy atom. The van der Waals surface area contributed by atoms with Crippen LogP contribution in [0.15, 0.2) is 47.5 Å². The molecule has 0 radical (unpaired) electrons. The summed E-state index contributed by atoms with van der Waals surface area (Å²) >= 11 is 0. The third-order valence-electron chi connectivity index (χ3n) is 6.66. The molecule has 0 unspecified atom stereocenters. The lowest BCUT2D eigenvalue weighted by atomic mass is 9.79. The lowest BCUT2D eigenvalue weighted by Gasteiger charge is -2.30. The number of amides is 2. The Morgan fingerprint density at radius 2 is 1.65 bits per heavy atom. The Balaban J connectivity index is 1.85. The van der Waals surface area contributed by atoms with Crippen LogP contribution in [0.1, 0.15) is 72.2 Å². The highest BCUT2D eigenvalue weighted by molar-refractivity contribution is 5.99. The van der Waals surface area contributed by atoms with Gasteiger partial charge in [0.15, 0.2) is 0 Å². The number of nitrogens with one attached hydrogen (secondary N) is 2. The van der Waals surface area contributed by atoms with Gasteiger partial charge < -0.3 is 19.9 Å². The summed E-state index contributed by atoms with van der Waals surface area (Å²) in [4.78, 5) is 39.1. The summed E-state index contributed by atoms with van der Waals surface area (Å²) in [5.74, 6) is -0.479. The van der Waals surface area contributed by atoms with E-state index in [1.54, 1.807) is 24.1 Å². The largest absolute Gasteiger partial charge is 0.383 e. The number of hydrogen-bond acceptors (Lipinski definition) is 4. The minimum Gasteiger partial charge on any atom is -0.383 e. The zero-order valence-electron chi connectivity index (χ0n) is 20.6. The molecule has 0 aliphatic heterocycles. The summed E-state index contributed by atoms with van der Waals surface area (Å²) in [5, 5.41) is 5.72. The van der Waals surface area contributed by atoms with Crippen molar-refractivity contribution in [3.63, 3.8) is 0 Å². The number of pyridine rings is 1. The van der Waals surface area contributed by atoms with Gasteiger partial charge in [-0.05, 0) is 30.7 Å². The molecule has 7 nitrogen and oxygen atoms in total. The molecule has 2 amide bonds. The zero-order valence-corrected chi connectivity index (χ0v) is 20.6. The van der Waals surface area contributed by atoms with Gasteiger partial charge in [-0.2, -0.15) is 0 Å². The highest BCUT2D eigenvalue weighted by Crippen LogP contribution is 2.40. The van der Waals surface area contributed by atoms with Crippen molar-refractivity contribution in [1.29, 1.82) is 0 Å². The van der Waals surface area contributed by atoms with Gasteiger partial charge in [0.2, 0.25) is 5.43 Å². The van der Waals surface area contributed by atoms with Crippen molar-refractivity contribution in [3.05, 3.63) is 69.6 Å². The van der Waals surface area contributed by atoms with E-state index in [9.17, 15) is 14.4 Å². The van der Waals surface area contributed by atoms with Crippen molar-refractivity contribution >= 4 is 11.8 Å². The number of methoxy groups -OCH3 is 1. The van der Waals surface area contributed by atoms with Crippen molar-refractivity contribution in [3.8, 4) is 0 Å². The Kier molecular flexibility index (Phi) is 9.05. The highest BCUT2D eigenvalue weighted by atomic mass is 16.5. The van der Waals surface area contributed by atoms with Crippen LogP contribution in [0.4, 0.5) is 0 Å². The van der Waals surface area contributed by atoms with Crippen LogP contribution in [-0.2, 0) is 16.7 Å². The molecule has 0 bridgehead atoms. The van der Waals surface area contributed by atoms with E-state index in [0.717, 1.165) is 32.1 Å². The number of ether oxygens (including phenoxy) is 1. The first-order chi connectivity index (χ1) is 16.4. The molecular weight excluding hydrogens is 430 g/mol. The topological polar surface area (TPSA) is 89.4 Å². The van der Waals surface area contributed by atoms with E-state index in [1.807, 2.05) is 18.2 Å². The quantitative estimate of drug-likeness (QED) is 0.495. The summed E-state index contributed by atoms with van der Waals surface area (Å²) in [6.45, 7) is 5.93. The number of rotatable bonds is 11. The fourth-order valence-electron chi connectivity index (χ4n) is 4.61. The maximum Gasteiger partial charge on any atom is 0.256 e. The van der Waals surface area contributed by atoms with Gasteiger partial charge >= 0.3 is 0 Å². The first kappa shape index (κ1) is 25.7. The predicted octanol–water partition coefficient (Wildman–Crippen LogP) is 3.51. The molecule has 7 heteroatoms. The Bertz CT molecular complexity index is 1020. The molecule has 1 aromatic heterocycles. The van der Waals surface area contributed by atoms with E-state index in [0.29, 0.717) is 25.6 Å². The SMILES string of the molecule is COCCNC(=O)c1cn(CCC(C)C)cc(C(=O)NCC2(c3ccccc3)CCCC2)c1=O. The van der Waals surface area contributed by atoms with Crippen LogP contribution in [0, 0.1) is 5.92 Å². The number of hydrogen-bond donors (Lipinski definition) is 2. The molecule has 2 N–H and O–H groups in total. The number of nitrogens with zero attached hydrogens (tertiary/aromatic N) is 1. The molecule has 2 aromatic rings. The van der Waals surface area contributed by atoms with Crippen LogP contribution in [0.3, 0.4) is 0 Å². The monoisotopic (exact) mass is 467 g/mol. The molecule has 1 aromatic carbocycles. The third-order valence-corrected chi connectivity index (χ3v) is 6.66. The lowest BCUT2D eigenvalue weighted by molar-refractivity contribution is 0.0934. The third kappa shape index (κ3) is 6.35. The fourth-order valence-corrected chi connectivity index (χ4v) is 4.61. The van der Waals surface area contributed by atoms with Crippen molar-refractivity contribution < 1.29 is 14.3 Å². The van der Waals surface area contributed by atoms with Crippen molar-refractivity contribution in [1.82, 2.24) is 15.2 Å². The normalized spacial score (nSPS) is 14.8. The average molecular weight is 468 g/mol. The molecule has 0 atom stereocenters.